The summed E-state index contributed by atoms with van der Waals surface area (Å²) in [6.07, 6.45) is 9.03. The highest BCUT2D eigenvalue weighted by Gasteiger charge is 2.61. The highest BCUT2D eigenvalue weighted by atomic mass is 16.7. The van der Waals surface area contributed by atoms with Crippen LogP contribution in [0.25, 0.3) is 0 Å². The third-order valence-electron chi connectivity index (χ3n) is 9.52. The van der Waals surface area contributed by atoms with Crippen LogP contribution in [0.4, 0.5) is 0 Å². The van der Waals surface area contributed by atoms with Gasteiger partial charge >= 0.3 is 0 Å². The van der Waals surface area contributed by atoms with E-state index in [9.17, 15) is 9.90 Å². The standard InChI is InChI=1S/C28H34O4/c1-4-25-31-23-10-6-17(14-24(23)32-25)21-15-27(2)22(11-12-28(27,3)30)20-8-5-16-13-18(29)7-9-19(16)26(20)21/h6,10,13-14,20-22,25,30H,4-5,7-9,11-12,15H2,1-3H3/t20-,21+,22-,25?,27-,28-/m0/s1. The molecule has 2 fully saturated rings. The minimum Gasteiger partial charge on any atom is -0.451 e. The fraction of sp³-hybridized carbons (Fsp3) is 0.607. The third-order valence-corrected chi connectivity index (χ3v) is 9.52. The van der Waals surface area contributed by atoms with Gasteiger partial charge in [-0.3, -0.25) is 4.79 Å². The SMILES string of the molecule is CCC1Oc2ccc([C@H]3C[C@@]4(C)[C@@H](CC[C@]4(C)O)[C@@H]4CCC5=CC(=O)CCC5=C43)cc2O1. The van der Waals surface area contributed by atoms with Crippen LogP contribution in [0.15, 0.2) is 41.0 Å². The number of allylic oxidation sites excluding steroid dienone is 4. The minimum absolute atomic E-state index is 0.111. The van der Waals surface area contributed by atoms with Gasteiger partial charge in [-0.2, -0.15) is 0 Å². The summed E-state index contributed by atoms with van der Waals surface area (Å²) in [7, 11) is 0. The van der Waals surface area contributed by atoms with Crippen molar-refractivity contribution >= 4 is 5.78 Å². The lowest BCUT2D eigenvalue weighted by molar-refractivity contribution is -0.114. The van der Waals surface area contributed by atoms with Crippen molar-refractivity contribution in [1.29, 1.82) is 0 Å². The van der Waals surface area contributed by atoms with Crippen LogP contribution >= 0.6 is 0 Å². The summed E-state index contributed by atoms with van der Waals surface area (Å²) in [5, 5.41) is 11.5. The van der Waals surface area contributed by atoms with Gasteiger partial charge in [0.05, 0.1) is 5.60 Å². The smallest absolute Gasteiger partial charge is 0.241 e. The molecular weight excluding hydrogens is 400 g/mol. The highest BCUT2D eigenvalue weighted by Crippen LogP contribution is 2.66. The maximum atomic E-state index is 12.2. The second-order valence-electron chi connectivity index (χ2n) is 11.1. The predicted octanol–water partition coefficient (Wildman–Crippen LogP) is 5.84. The average molecular weight is 435 g/mol. The van der Waals surface area contributed by atoms with E-state index in [1.165, 1.54) is 16.7 Å². The average Bonchev–Trinajstić information content (AvgIpc) is 3.29. The van der Waals surface area contributed by atoms with Gasteiger partial charge in [0.1, 0.15) is 0 Å². The quantitative estimate of drug-likeness (QED) is 0.635. The van der Waals surface area contributed by atoms with E-state index in [2.05, 4.69) is 39.0 Å². The highest BCUT2D eigenvalue weighted by molar-refractivity contribution is 5.93. The van der Waals surface area contributed by atoms with E-state index in [4.69, 9.17) is 9.47 Å². The molecule has 1 heterocycles. The Morgan fingerprint density at radius 2 is 1.91 bits per heavy atom. The Morgan fingerprint density at radius 3 is 2.72 bits per heavy atom. The molecule has 0 saturated heterocycles. The van der Waals surface area contributed by atoms with Crippen molar-refractivity contribution in [2.45, 2.75) is 89.9 Å². The lowest BCUT2D eigenvalue weighted by Gasteiger charge is -2.54. The molecule has 1 aromatic rings. The summed E-state index contributed by atoms with van der Waals surface area (Å²) in [6.45, 7) is 6.45. The molecule has 6 atom stereocenters. The number of hydrogen-bond acceptors (Lipinski definition) is 4. The van der Waals surface area contributed by atoms with Gasteiger partial charge in [-0.15, -0.1) is 0 Å². The Bertz CT molecular complexity index is 1050. The second kappa shape index (κ2) is 6.96. The molecule has 1 N–H and O–H groups in total. The Morgan fingerprint density at radius 1 is 1.09 bits per heavy atom. The molecule has 5 aliphatic rings. The first-order chi connectivity index (χ1) is 15.3. The van der Waals surface area contributed by atoms with Crippen molar-refractivity contribution in [2.75, 3.05) is 0 Å². The van der Waals surface area contributed by atoms with Crippen molar-refractivity contribution in [1.82, 2.24) is 0 Å². The molecule has 0 aromatic heterocycles. The van der Waals surface area contributed by atoms with Gasteiger partial charge in [0.2, 0.25) is 6.29 Å². The number of rotatable bonds is 2. The van der Waals surface area contributed by atoms with Crippen molar-refractivity contribution in [3.05, 3.63) is 46.6 Å². The zero-order valence-corrected chi connectivity index (χ0v) is 19.4. The second-order valence-corrected chi connectivity index (χ2v) is 11.1. The third kappa shape index (κ3) is 2.81. The van der Waals surface area contributed by atoms with E-state index >= 15 is 0 Å². The first kappa shape index (κ1) is 20.5. The maximum Gasteiger partial charge on any atom is 0.241 e. The molecule has 1 aliphatic heterocycles. The number of carbonyl (C=O) groups excluding carboxylic acids is 1. The van der Waals surface area contributed by atoms with Crippen LogP contribution in [0.3, 0.4) is 0 Å². The van der Waals surface area contributed by atoms with Crippen LogP contribution in [0.1, 0.15) is 83.6 Å². The molecule has 32 heavy (non-hydrogen) atoms. The number of ether oxygens (including phenoxy) is 2. The summed E-state index contributed by atoms with van der Waals surface area (Å²) in [4.78, 5) is 12.2. The minimum atomic E-state index is -0.644. The lowest BCUT2D eigenvalue weighted by Crippen LogP contribution is -2.50. The fourth-order valence-electron chi connectivity index (χ4n) is 7.58. The topological polar surface area (TPSA) is 55.8 Å². The molecule has 2 saturated carbocycles. The van der Waals surface area contributed by atoms with E-state index in [1.54, 1.807) is 5.57 Å². The molecule has 4 heteroatoms. The number of benzene rings is 1. The van der Waals surface area contributed by atoms with Gasteiger partial charge in [0, 0.05) is 24.2 Å². The van der Waals surface area contributed by atoms with E-state index in [-0.39, 0.29) is 23.4 Å². The molecule has 4 aliphatic carbocycles. The van der Waals surface area contributed by atoms with E-state index in [0.717, 1.165) is 56.4 Å². The number of hydrogen-bond donors (Lipinski definition) is 1. The first-order valence-electron chi connectivity index (χ1n) is 12.5. The molecule has 0 radical (unpaired) electrons. The molecule has 0 amide bonds. The molecule has 4 nitrogen and oxygen atoms in total. The Hall–Kier alpha value is -2.07. The van der Waals surface area contributed by atoms with Crippen LogP contribution in [0, 0.1) is 17.3 Å². The molecular formula is C28H34O4. The number of carbonyl (C=O) groups is 1. The van der Waals surface area contributed by atoms with Crippen molar-refractivity contribution < 1.29 is 19.4 Å². The van der Waals surface area contributed by atoms with Crippen molar-refractivity contribution in [2.24, 2.45) is 17.3 Å². The Labute approximate surface area is 190 Å². The predicted molar refractivity (Wildman–Crippen MR) is 123 cm³/mol. The zero-order chi connectivity index (χ0) is 22.3. The van der Waals surface area contributed by atoms with Crippen molar-refractivity contribution in [3.8, 4) is 11.5 Å². The van der Waals surface area contributed by atoms with Crippen LogP contribution in [-0.4, -0.2) is 22.8 Å². The van der Waals surface area contributed by atoms with Gasteiger partial charge in [0.25, 0.3) is 0 Å². The largest absolute Gasteiger partial charge is 0.451 e. The summed E-state index contributed by atoms with van der Waals surface area (Å²) in [5.74, 6) is 3.18. The van der Waals surface area contributed by atoms with Crippen LogP contribution in [0.5, 0.6) is 11.5 Å². The summed E-state index contributed by atoms with van der Waals surface area (Å²) >= 11 is 0. The van der Waals surface area contributed by atoms with Crippen molar-refractivity contribution in [3.63, 3.8) is 0 Å². The van der Waals surface area contributed by atoms with Crippen LogP contribution in [-0.2, 0) is 4.79 Å². The fourth-order valence-corrected chi connectivity index (χ4v) is 7.58. The molecule has 1 aromatic carbocycles. The number of aliphatic hydroxyl groups is 1. The summed E-state index contributed by atoms with van der Waals surface area (Å²) < 4.78 is 12.0. The van der Waals surface area contributed by atoms with Gasteiger partial charge in [-0.1, -0.05) is 25.5 Å². The zero-order valence-electron chi connectivity index (χ0n) is 19.4. The molecule has 0 bridgehead atoms. The monoisotopic (exact) mass is 434 g/mol. The van der Waals surface area contributed by atoms with Gasteiger partial charge in [-0.25, -0.2) is 0 Å². The molecule has 0 spiro atoms. The number of ketones is 1. The molecule has 1 unspecified atom stereocenters. The van der Waals surface area contributed by atoms with Gasteiger partial charge in [0.15, 0.2) is 17.3 Å². The maximum absolute atomic E-state index is 12.2. The van der Waals surface area contributed by atoms with Crippen LogP contribution < -0.4 is 9.47 Å². The van der Waals surface area contributed by atoms with E-state index in [0.29, 0.717) is 18.3 Å². The van der Waals surface area contributed by atoms with E-state index in [1.807, 2.05) is 6.08 Å². The lowest BCUT2D eigenvalue weighted by atomic mass is 9.51. The van der Waals surface area contributed by atoms with Crippen LogP contribution in [0.2, 0.25) is 0 Å². The number of fused-ring (bicyclic) bond motifs is 5. The first-order valence-corrected chi connectivity index (χ1v) is 12.5. The molecule has 170 valence electrons. The summed E-state index contributed by atoms with van der Waals surface area (Å²) in [5.41, 5.74) is 4.79. The van der Waals surface area contributed by atoms with Gasteiger partial charge < -0.3 is 14.6 Å². The normalized spacial score (nSPS) is 40.0. The Kier molecular flexibility index (Phi) is 4.47. The van der Waals surface area contributed by atoms with Gasteiger partial charge in [-0.05, 0) is 92.2 Å². The van der Waals surface area contributed by atoms with E-state index < -0.39 is 5.60 Å². The summed E-state index contributed by atoms with van der Waals surface area (Å²) in [6, 6.07) is 6.44. The Balaban J connectivity index is 1.49. The molecule has 6 rings (SSSR count).